The maximum atomic E-state index is 13.5. The van der Waals surface area contributed by atoms with E-state index in [9.17, 15) is 27.9 Å². The molecule has 0 aliphatic heterocycles. The van der Waals surface area contributed by atoms with E-state index in [1.54, 1.807) is 49.4 Å². The van der Waals surface area contributed by atoms with Gasteiger partial charge in [0.15, 0.2) is 0 Å². The van der Waals surface area contributed by atoms with Crippen molar-refractivity contribution in [1.82, 2.24) is 10.2 Å². The molecule has 0 aliphatic rings. The molecule has 0 heterocycles. The zero-order valence-corrected chi connectivity index (χ0v) is 26.4. The number of carbonyl (C=O) groups is 3. The lowest BCUT2D eigenvalue weighted by molar-refractivity contribution is -0.137. The van der Waals surface area contributed by atoms with Crippen molar-refractivity contribution in [1.29, 1.82) is 0 Å². The van der Waals surface area contributed by atoms with Crippen LogP contribution in [0.15, 0.2) is 91.0 Å². The summed E-state index contributed by atoms with van der Waals surface area (Å²) in [6.45, 7) is 4.40. The van der Waals surface area contributed by atoms with E-state index in [-0.39, 0.29) is 36.8 Å². The lowest BCUT2D eigenvalue weighted by atomic mass is 10.1. The normalized spacial score (nSPS) is 10.8. The van der Waals surface area contributed by atoms with Crippen molar-refractivity contribution in [3.63, 3.8) is 0 Å². The second-order valence-corrected chi connectivity index (χ2v) is 11.1. The molecular weight excluding hydrogens is 609 g/mol. The number of phenols is 1. The van der Waals surface area contributed by atoms with Gasteiger partial charge in [0.1, 0.15) is 5.75 Å². The fraction of sp³-hybridized carbons (Fsp3) is 0.270. The van der Waals surface area contributed by atoms with E-state index in [0.717, 1.165) is 35.2 Å². The van der Waals surface area contributed by atoms with Gasteiger partial charge in [-0.25, -0.2) is 0 Å². The third kappa shape index (κ3) is 11.3. The molecule has 3 N–H and O–H groups in total. The van der Waals surface area contributed by atoms with Gasteiger partial charge >= 0.3 is 6.18 Å². The summed E-state index contributed by atoms with van der Waals surface area (Å²) >= 11 is 0. The van der Waals surface area contributed by atoms with Crippen LogP contribution in [0.25, 0.3) is 0 Å². The average molecular weight is 649 g/mol. The first kappa shape index (κ1) is 36.3. The van der Waals surface area contributed by atoms with Crippen LogP contribution in [0.4, 0.5) is 13.2 Å². The Morgan fingerprint density at radius 2 is 1.32 bits per heavy atom. The van der Waals surface area contributed by atoms with E-state index in [1.807, 2.05) is 12.1 Å². The fourth-order valence-electron chi connectivity index (χ4n) is 4.89. The highest BCUT2D eigenvalue weighted by Gasteiger charge is 2.30. The topological polar surface area (TPSA) is 107 Å². The van der Waals surface area contributed by atoms with E-state index in [4.69, 9.17) is 9.90 Å². The number of carboxylic acid groups (broad SMARTS) is 1. The molecule has 0 radical (unpaired) electrons. The molecule has 2 amide bonds. The monoisotopic (exact) mass is 648 g/mol. The lowest BCUT2D eigenvalue weighted by Gasteiger charge is -2.24. The molecule has 0 aromatic heterocycles. The van der Waals surface area contributed by atoms with Gasteiger partial charge in [0.25, 0.3) is 18.3 Å². The van der Waals surface area contributed by atoms with Gasteiger partial charge in [-0.05, 0) is 90.0 Å². The van der Waals surface area contributed by atoms with Crippen molar-refractivity contribution >= 4 is 18.3 Å². The van der Waals surface area contributed by atoms with Crippen LogP contribution in [0.5, 0.6) is 5.75 Å². The summed E-state index contributed by atoms with van der Waals surface area (Å²) in [5.74, 6) is -0.536. The minimum Gasteiger partial charge on any atom is -0.508 e. The molecule has 0 saturated carbocycles. The van der Waals surface area contributed by atoms with Gasteiger partial charge in [-0.1, -0.05) is 68.3 Å². The molecule has 0 saturated heterocycles. The van der Waals surface area contributed by atoms with Crippen molar-refractivity contribution in [2.24, 2.45) is 0 Å². The molecule has 4 aromatic rings. The summed E-state index contributed by atoms with van der Waals surface area (Å²) in [4.78, 5) is 36.2. The summed E-state index contributed by atoms with van der Waals surface area (Å²) in [5.41, 5.74) is 4.21. The molecule has 7 nitrogen and oxygen atoms in total. The van der Waals surface area contributed by atoms with Crippen LogP contribution in [-0.2, 0) is 37.0 Å². The number of hydrogen-bond donors (Lipinski definition) is 3. The number of unbranched alkanes of at least 4 members (excludes halogenated alkanes) is 2. The standard InChI is InChI=1S/C36H37F3N2O3.CH2O2/c1-3-4-5-6-26-7-9-27(10-8-26)22-40-34(43)30-14-11-28(12-15-30)23-41(24-29-13-20-33(42)25(2)21-29)35(44)31-16-18-32(19-17-31)36(37,38)39;2-1-3/h7-21,42H,3-6,22-24H2,1-2H3,(H,40,43);1H,(H,2,3). The quantitative estimate of drug-likeness (QED) is 0.107. The van der Waals surface area contributed by atoms with Gasteiger partial charge in [-0.3, -0.25) is 14.4 Å². The smallest absolute Gasteiger partial charge is 0.416 e. The van der Waals surface area contributed by atoms with Crippen LogP contribution in [0.3, 0.4) is 0 Å². The van der Waals surface area contributed by atoms with Crippen molar-refractivity contribution < 1.29 is 37.8 Å². The number of rotatable bonds is 12. The molecule has 4 rings (SSSR count). The molecule has 4 aromatic carbocycles. The first-order valence-corrected chi connectivity index (χ1v) is 15.2. The van der Waals surface area contributed by atoms with Gasteiger partial charge in [0.2, 0.25) is 0 Å². The highest BCUT2D eigenvalue weighted by molar-refractivity contribution is 5.95. The number of phenolic OH excluding ortho intramolecular Hbond substituents is 1. The molecule has 0 unspecified atom stereocenters. The highest BCUT2D eigenvalue weighted by Crippen LogP contribution is 2.29. The molecule has 0 aliphatic carbocycles. The van der Waals surface area contributed by atoms with Crippen LogP contribution < -0.4 is 5.32 Å². The number of aromatic hydroxyl groups is 1. The molecule has 248 valence electrons. The third-order valence-electron chi connectivity index (χ3n) is 7.52. The molecular formula is C37H39F3N2O5. The Balaban J connectivity index is 0.00000192. The Bertz CT molecular complexity index is 1600. The number of aryl methyl sites for hydroxylation is 2. The molecule has 10 heteroatoms. The summed E-state index contributed by atoms with van der Waals surface area (Å²) in [6.07, 6.45) is 0.109. The maximum absolute atomic E-state index is 13.5. The van der Waals surface area contributed by atoms with Gasteiger partial charge < -0.3 is 20.4 Å². The van der Waals surface area contributed by atoms with Crippen molar-refractivity contribution in [2.75, 3.05) is 0 Å². The molecule has 47 heavy (non-hydrogen) atoms. The third-order valence-corrected chi connectivity index (χ3v) is 7.52. The number of carbonyl (C=O) groups excluding carboxylic acids is 2. The lowest BCUT2D eigenvalue weighted by Crippen LogP contribution is -2.30. The van der Waals surface area contributed by atoms with E-state index in [1.165, 1.54) is 41.9 Å². The summed E-state index contributed by atoms with van der Waals surface area (Å²) < 4.78 is 39.2. The van der Waals surface area contributed by atoms with Crippen molar-refractivity contribution in [2.45, 2.75) is 65.3 Å². The molecule has 0 atom stereocenters. The number of alkyl halides is 3. The number of halogens is 3. The Kier molecular flexibility index (Phi) is 13.6. The Morgan fingerprint density at radius 1 is 0.787 bits per heavy atom. The van der Waals surface area contributed by atoms with E-state index >= 15 is 0 Å². The minimum atomic E-state index is -4.50. The van der Waals surface area contributed by atoms with E-state index in [0.29, 0.717) is 17.7 Å². The fourth-order valence-corrected chi connectivity index (χ4v) is 4.89. The summed E-state index contributed by atoms with van der Waals surface area (Å²) in [6, 6.07) is 24.3. The predicted octanol–water partition coefficient (Wildman–Crippen LogP) is 7.93. The van der Waals surface area contributed by atoms with Crippen LogP contribution in [0.2, 0.25) is 0 Å². The van der Waals surface area contributed by atoms with E-state index < -0.39 is 17.6 Å². The number of nitrogens with zero attached hydrogens (tertiary/aromatic N) is 1. The largest absolute Gasteiger partial charge is 0.508 e. The zero-order valence-electron chi connectivity index (χ0n) is 26.4. The summed E-state index contributed by atoms with van der Waals surface area (Å²) in [7, 11) is 0. The molecule has 0 fully saturated rings. The van der Waals surface area contributed by atoms with Crippen molar-refractivity contribution in [3.8, 4) is 5.75 Å². The first-order valence-electron chi connectivity index (χ1n) is 15.2. The Morgan fingerprint density at radius 3 is 1.89 bits per heavy atom. The minimum absolute atomic E-state index is 0.124. The second-order valence-electron chi connectivity index (χ2n) is 11.1. The molecule has 0 spiro atoms. The predicted molar refractivity (Wildman–Crippen MR) is 174 cm³/mol. The van der Waals surface area contributed by atoms with Gasteiger partial charge in [-0.2, -0.15) is 13.2 Å². The maximum Gasteiger partial charge on any atom is 0.416 e. The van der Waals surface area contributed by atoms with Crippen LogP contribution in [-0.4, -0.2) is 33.4 Å². The highest BCUT2D eigenvalue weighted by atomic mass is 19.4. The van der Waals surface area contributed by atoms with Crippen molar-refractivity contribution in [3.05, 3.63) is 136 Å². The van der Waals surface area contributed by atoms with Gasteiger partial charge in [0, 0.05) is 30.8 Å². The molecule has 0 bridgehead atoms. The average Bonchev–Trinajstić information content (AvgIpc) is 3.06. The number of hydrogen-bond acceptors (Lipinski definition) is 4. The van der Waals surface area contributed by atoms with Crippen LogP contribution in [0.1, 0.15) is 80.3 Å². The second kappa shape index (κ2) is 17.5. The van der Waals surface area contributed by atoms with Crippen LogP contribution >= 0.6 is 0 Å². The number of benzene rings is 4. The zero-order chi connectivity index (χ0) is 34.4. The van der Waals surface area contributed by atoms with Gasteiger partial charge in [0.05, 0.1) is 5.56 Å². The summed E-state index contributed by atoms with van der Waals surface area (Å²) in [5, 5.41) is 19.7. The first-order chi connectivity index (χ1) is 22.4. The van der Waals surface area contributed by atoms with E-state index in [2.05, 4.69) is 24.4 Å². The number of nitrogens with one attached hydrogen (secondary N) is 1. The number of amides is 2. The Labute approximate surface area is 272 Å². The van der Waals surface area contributed by atoms with Gasteiger partial charge in [-0.15, -0.1) is 0 Å². The SMILES string of the molecule is CCCCCc1ccc(CNC(=O)c2ccc(CN(Cc3ccc(O)c(C)c3)C(=O)c3ccc(C(F)(F)F)cc3)cc2)cc1.O=CO. The van der Waals surface area contributed by atoms with Crippen LogP contribution in [0, 0.1) is 6.92 Å². The Hall–Kier alpha value is -5.12.